The molecule has 0 fully saturated rings. The van der Waals surface area contributed by atoms with Gasteiger partial charge in [0.25, 0.3) is 5.91 Å². The van der Waals surface area contributed by atoms with Gasteiger partial charge in [-0.1, -0.05) is 15.9 Å². The van der Waals surface area contributed by atoms with E-state index in [9.17, 15) is 14.0 Å². The minimum Gasteiger partial charge on any atom is -0.493 e. The summed E-state index contributed by atoms with van der Waals surface area (Å²) in [6.45, 7) is -0.356. The van der Waals surface area contributed by atoms with Gasteiger partial charge in [0.15, 0.2) is 18.1 Å². The zero-order valence-electron chi connectivity index (χ0n) is 12.4. The van der Waals surface area contributed by atoms with Crippen LogP contribution in [0.25, 0.3) is 0 Å². The van der Waals surface area contributed by atoms with Gasteiger partial charge < -0.3 is 14.8 Å². The predicted molar refractivity (Wildman–Crippen MR) is 94.3 cm³/mol. The van der Waals surface area contributed by atoms with Gasteiger partial charge >= 0.3 is 0 Å². The summed E-state index contributed by atoms with van der Waals surface area (Å²) in [5.41, 5.74) is 0.446. The Morgan fingerprint density at radius 1 is 1.29 bits per heavy atom. The first-order chi connectivity index (χ1) is 11.4. The van der Waals surface area contributed by atoms with Crippen molar-refractivity contribution in [1.29, 1.82) is 0 Å². The highest BCUT2D eigenvalue weighted by atomic mass is 79.9. The van der Waals surface area contributed by atoms with Crippen molar-refractivity contribution in [3.8, 4) is 11.5 Å². The molecule has 0 bridgehead atoms. The molecule has 1 amide bonds. The van der Waals surface area contributed by atoms with E-state index in [2.05, 4.69) is 37.2 Å². The van der Waals surface area contributed by atoms with Crippen LogP contribution in [0.5, 0.6) is 11.5 Å². The summed E-state index contributed by atoms with van der Waals surface area (Å²) in [6, 6.07) is 7.31. The molecule has 24 heavy (non-hydrogen) atoms. The Hall–Kier alpha value is -1.93. The van der Waals surface area contributed by atoms with Crippen LogP contribution in [0.3, 0.4) is 0 Å². The number of carbonyl (C=O) groups excluding carboxylic acids is 2. The molecule has 2 rings (SSSR count). The van der Waals surface area contributed by atoms with Gasteiger partial charge in [0.05, 0.1) is 17.3 Å². The lowest BCUT2D eigenvalue weighted by Crippen LogP contribution is -2.21. The Kier molecular flexibility index (Phi) is 6.33. The maximum absolute atomic E-state index is 13.7. The molecule has 0 atom stereocenters. The quantitative estimate of drug-likeness (QED) is 0.656. The molecule has 0 aliphatic carbocycles. The molecule has 1 N–H and O–H groups in total. The van der Waals surface area contributed by atoms with E-state index in [0.29, 0.717) is 26.5 Å². The van der Waals surface area contributed by atoms with Crippen LogP contribution in [0, 0.1) is 5.82 Å². The molecule has 5 nitrogen and oxygen atoms in total. The fraction of sp³-hybridized carbons (Fsp3) is 0.125. The van der Waals surface area contributed by atoms with Crippen molar-refractivity contribution in [3.63, 3.8) is 0 Å². The van der Waals surface area contributed by atoms with E-state index < -0.39 is 11.7 Å². The van der Waals surface area contributed by atoms with Crippen molar-refractivity contribution in [2.75, 3.05) is 19.0 Å². The fourth-order valence-corrected chi connectivity index (χ4v) is 2.77. The topological polar surface area (TPSA) is 64.6 Å². The Morgan fingerprint density at radius 3 is 2.67 bits per heavy atom. The van der Waals surface area contributed by atoms with Gasteiger partial charge in [-0.3, -0.25) is 9.59 Å². The van der Waals surface area contributed by atoms with Crippen LogP contribution < -0.4 is 14.8 Å². The molecule has 2 aromatic carbocycles. The van der Waals surface area contributed by atoms with Gasteiger partial charge in [-0.15, -0.1) is 0 Å². The molecule has 2 aromatic rings. The SMILES string of the molecule is COc1cc(C=O)cc(Br)c1OCC(=O)Nc1ccc(Br)cc1F. The number of amides is 1. The second-order valence-corrected chi connectivity index (χ2v) is 6.38. The highest BCUT2D eigenvalue weighted by Crippen LogP contribution is 2.36. The predicted octanol–water partition coefficient (Wildman–Crippen LogP) is 4.19. The van der Waals surface area contributed by atoms with Gasteiger partial charge in [0, 0.05) is 10.0 Å². The number of halogens is 3. The maximum atomic E-state index is 13.7. The van der Waals surface area contributed by atoms with Crippen LogP contribution in [0.4, 0.5) is 10.1 Å². The lowest BCUT2D eigenvalue weighted by molar-refractivity contribution is -0.118. The van der Waals surface area contributed by atoms with Crippen LogP contribution in [0.15, 0.2) is 39.3 Å². The number of hydrogen-bond acceptors (Lipinski definition) is 4. The molecule has 8 heteroatoms. The first-order valence-corrected chi connectivity index (χ1v) is 8.23. The average molecular weight is 461 g/mol. The van der Waals surface area contributed by atoms with Crippen molar-refractivity contribution >= 4 is 49.7 Å². The Balaban J connectivity index is 2.07. The third kappa shape index (κ3) is 4.55. The van der Waals surface area contributed by atoms with Crippen molar-refractivity contribution in [1.82, 2.24) is 0 Å². The third-order valence-corrected chi connectivity index (χ3v) is 4.02. The number of methoxy groups -OCH3 is 1. The van der Waals surface area contributed by atoms with E-state index in [-0.39, 0.29) is 18.0 Å². The van der Waals surface area contributed by atoms with Gasteiger partial charge in [-0.25, -0.2) is 4.39 Å². The van der Waals surface area contributed by atoms with E-state index >= 15 is 0 Å². The summed E-state index contributed by atoms with van der Waals surface area (Å²) in [7, 11) is 1.42. The lowest BCUT2D eigenvalue weighted by Gasteiger charge is -2.13. The fourth-order valence-electron chi connectivity index (χ4n) is 1.86. The molecular formula is C16H12Br2FNO4. The maximum Gasteiger partial charge on any atom is 0.262 e. The van der Waals surface area contributed by atoms with E-state index in [0.717, 1.165) is 0 Å². The molecule has 0 radical (unpaired) electrons. The molecule has 0 saturated heterocycles. The molecule has 0 aliphatic heterocycles. The number of aldehydes is 1. The molecule has 126 valence electrons. The number of hydrogen-bond donors (Lipinski definition) is 1. The summed E-state index contributed by atoms with van der Waals surface area (Å²) >= 11 is 6.39. The number of ether oxygens (including phenoxy) is 2. The van der Waals surface area contributed by atoms with E-state index in [4.69, 9.17) is 9.47 Å². The number of rotatable bonds is 6. The zero-order chi connectivity index (χ0) is 17.7. The number of carbonyl (C=O) groups is 2. The van der Waals surface area contributed by atoms with E-state index in [1.54, 1.807) is 6.07 Å². The smallest absolute Gasteiger partial charge is 0.262 e. The molecule has 0 unspecified atom stereocenters. The van der Waals surface area contributed by atoms with E-state index in [1.807, 2.05) is 0 Å². The van der Waals surface area contributed by atoms with E-state index in [1.165, 1.54) is 31.4 Å². The summed E-state index contributed by atoms with van der Waals surface area (Å²) in [6.07, 6.45) is 0.667. The Labute approximate surface area is 154 Å². The molecule has 0 spiro atoms. The van der Waals surface area contributed by atoms with Crippen LogP contribution >= 0.6 is 31.9 Å². The number of anilines is 1. The second kappa shape index (κ2) is 8.25. The largest absolute Gasteiger partial charge is 0.493 e. The van der Waals surface area contributed by atoms with Crippen molar-refractivity contribution in [2.45, 2.75) is 0 Å². The zero-order valence-corrected chi connectivity index (χ0v) is 15.6. The molecular weight excluding hydrogens is 449 g/mol. The third-order valence-electron chi connectivity index (χ3n) is 2.94. The summed E-state index contributed by atoms with van der Waals surface area (Å²) in [5, 5.41) is 2.42. The Morgan fingerprint density at radius 2 is 2.04 bits per heavy atom. The first kappa shape index (κ1) is 18.4. The first-order valence-electron chi connectivity index (χ1n) is 6.65. The van der Waals surface area contributed by atoms with Crippen LogP contribution in [0.1, 0.15) is 10.4 Å². The number of benzene rings is 2. The Bertz CT molecular complexity index is 783. The molecule has 0 heterocycles. The molecule has 0 saturated carbocycles. The highest BCUT2D eigenvalue weighted by Gasteiger charge is 2.14. The molecule has 0 aliphatic rings. The summed E-state index contributed by atoms with van der Waals surface area (Å²) in [5.74, 6) is -0.528. The van der Waals surface area contributed by atoms with Gasteiger partial charge in [-0.2, -0.15) is 0 Å². The number of nitrogens with one attached hydrogen (secondary N) is 1. The van der Waals surface area contributed by atoms with Crippen LogP contribution in [-0.4, -0.2) is 25.9 Å². The van der Waals surface area contributed by atoms with Gasteiger partial charge in [0.2, 0.25) is 0 Å². The standard InChI is InChI=1S/C16H12Br2FNO4/c1-23-14-5-9(7-21)4-11(18)16(14)24-8-15(22)20-13-3-2-10(17)6-12(13)19/h2-7H,8H2,1H3,(H,20,22). The van der Waals surface area contributed by atoms with Gasteiger partial charge in [0.1, 0.15) is 12.1 Å². The highest BCUT2D eigenvalue weighted by molar-refractivity contribution is 9.10. The van der Waals surface area contributed by atoms with Crippen molar-refractivity contribution in [3.05, 3.63) is 50.7 Å². The van der Waals surface area contributed by atoms with Crippen molar-refractivity contribution < 1.29 is 23.5 Å². The van der Waals surface area contributed by atoms with Crippen LogP contribution in [-0.2, 0) is 4.79 Å². The summed E-state index contributed by atoms with van der Waals surface area (Å²) < 4.78 is 25.3. The summed E-state index contributed by atoms with van der Waals surface area (Å²) in [4.78, 5) is 22.8. The normalized spacial score (nSPS) is 10.2. The monoisotopic (exact) mass is 459 g/mol. The lowest BCUT2D eigenvalue weighted by atomic mass is 10.2. The molecule has 0 aromatic heterocycles. The minimum atomic E-state index is -0.563. The minimum absolute atomic E-state index is 0.0501. The average Bonchev–Trinajstić information content (AvgIpc) is 2.55. The van der Waals surface area contributed by atoms with Gasteiger partial charge in [-0.05, 0) is 46.3 Å². The van der Waals surface area contributed by atoms with Crippen LogP contribution in [0.2, 0.25) is 0 Å². The second-order valence-electron chi connectivity index (χ2n) is 4.61. The van der Waals surface area contributed by atoms with Crippen molar-refractivity contribution in [2.24, 2.45) is 0 Å².